The second kappa shape index (κ2) is 7.22. The van der Waals surface area contributed by atoms with Crippen molar-refractivity contribution < 1.29 is 14.7 Å². The van der Waals surface area contributed by atoms with Gasteiger partial charge in [-0.3, -0.25) is 9.59 Å². The molecule has 92 valence electrons. The Morgan fingerprint density at radius 1 is 1.25 bits per heavy atom. The van der Waals surface area contributed by atoms with Crippen LogP contribution in [0.15, 0.2) is 0 Å². The molecule has 1 fully saturated rings. The van der Waals surface area contributed by atoms with Crippen molar-refractivity contribution in [3.05, 3.63) is 0 Å². The van der Waals surface area contributed by atoms with Crippen molar-refractivity contribution in [2.75, 3.05) is 13.1 Å². The van der Waals surface area contributed by atoms with Crippen molar-refractivity contribution in [1.29, 1.82) is 0 Å². The average Bonchev–Trinajstić information content (AvgIpc) is 2.69. The molecule has 1 aliphatic rings. The van der Waals surface area contributed by atoms with E-state index in [4.69, 9.17) is 5.11 Å². The van der Waals surface area contributed by atoms with Crippen molar-refractivity contribution in [2.45, 2.75) is 44.6 Å². The van der Waals surface area contributed by atoms with Gasteiger partial charge in [-0.15, -0.1) is 0 Å². The molecule has 1 rings (SSSR count). The van der Waals surface area contributed by atoms with Crippen LogP contribution in [0.1, 0.15) is 38.5 Å². The van der Waals surface area contributed by atoms with E-state index in [0.29, 0.717) is 19.0 Å². The first kappa shape index (κ1) is 13.0. The fraction of sp³-hybridized carbons (Fsp3) is 0.818. The fourth-order valence-corrected chi connectivity index (χ4v) is 1.92. The van der Waals surface area contributed by atoms with E-state index < -0.39 is 5.97 Å². The minimum atomic E-state index is -0.794. The zero-order chi connectivity index (χ0) is 11.8. The molecule has 0 aliphatic heterocycles. The largest absolute Gasteiger partial charge is 0.481 e. The van der Waals surface area contributed by atoms with Crippen LogP contribution in [0.5, 0.6) is 0 Å². The Balaban J connectivity index is 1.95. The Kier molecular flexibility index (Phi) is 5.85. The van der Waals surface area contributed by atoms with Crippen molar-refractivity contribution in [3.63, 3.8) is 0 Å². The molecule has 1 saturated carbocycles. The van der Waals surface area contributed by atoms with E-state index in [1.807, 2.05) is 0 Å². The van der Waals surface area contributed by atoms with Crippen LogP contribution >= 0.6 is 0 Å². The Morgan fingerprint density at radius 3 is 2.56 bits per heavy atom. The van der Waals surface area contributed by atoms with Crippen LogP contribution in [0.4, 0.5) is 0 Å². The first-order chi connectivity index (χ1) is 7.68. The van der Waals surface area contributed by atoms with Crippen molar-refractivity contribution >= 4 is 11.9 Å². The van der Waals surface area contributed by atoms with Crippen LogP contribution in [0, 0.1) is 0 Å². The van der Waals surface area contributed by atoms with Crippen LogP contribution in [-0.4, -0.2) is 36.1 Å². The van der Waals surface area contributed by atoms with Gasteiger partial charge in [-0.1, -0.05) is 12.8 Å². The zero-order valence-corrected chi connectivity index (χ0v) is 9.50. The molecule has 0 aromatic rings. The fourth-order valence-electron chi connectivity index (χ4n) is 1.92. The maximum Gasteiger partial charge on any atom is 0.303 e. The van der Waals surface area contributed by atoms with Crippen molar-refractivity contribution in [3.8, 4) is 0 Å². The van der Waals surface area contributed by atoms with Crippen LogP contribution < -0.4 is 10.6 Å². The van der Waals surface area contributed by atoms with Gasteiger partial charge in [-0.2, -0.15) is 0 Å². The predicted molar refractivity (Wildman–Crippen MR) is 60.1 cm³/mol. The van der Waals surface area contributed by atoms with E-state index in [0.717, 1.165) is 12.8 Å². The Labute approximate surface area is 95.6 Å². The standard InChI is InChI=1S/C11H20N2O3/c14-10(13-9-4-1-2-5-9)8-12-7-3-6-11(15)16/h9,12H,1-8H2,(H,13,14)(H,15,16). The summed E-state index contributed by atoms with van der Waals surface area (Å²) in [6, 6.07) is 0.355. The van der Waals surface area contributed by atoms with Gasteiger partial charge in [0.1, 0.15) is 0 Å². The molecule has 0 atom stereocenters. The highest BCUT2D eigenvalue weighted by Gasteiger charge is 2.16. The number of carbonyl (C=O) groups excluding carboxylic acids is 1. The smallest absolute Gasteiger partial charge is 0.303 e. The van der Waals surface area contributed by atoms with E-state index in [2.05, 4.69) is 10.6 Å². The lowest BCUT2D eigenvalue weighted by molar-refractivity contribution is -0.137. The van der Waals surface area contributed by atoms with Gasteiger partial charge in [0.05, 0.1) is 6.54 Å². The van der Waals surface area contributed by atoms with Gasteiger partial charge in [-0.25, -0.2) is 0 Å². The molecule has 0 spiro atoms. The van der Waals surface area contributed by atoms with Crippen molar-refractivity contribution in [2.24, 2.45) is 0 Å². The quantitative estimate of drug-likeness (QED) is 0.554. The molecular formula is C11H20N2O3. The molecule has 1 amide bonds. The second-order valence-electron chi connectivity index (χ2n) is 4.22. The summed E-state index contributed by atoms with van der Waals surface area (Å²) in [6.45, 7) is 0.862. The highest BCUT2D eigenvalue weighted by atomic mass is 16.4. The number of hydrogen-bond donors (Lipinski definition) is 3. The summed E-state index contributed by atoms with van der Waals surface area (Å²) in [4.78, 5) is 21.6. The first-order valence-electron chi connectivity index (χ1n) is 5.90. The molecule has 0 aromatic carbocycles. The van der Waals surface area contributed by atoms with Gasteiger partial charge in [0.2, 0.25) is 5.91 Å². The SMILES string of the molecule is O=C(O)CCCNCC(=O)NC1CCCC1. The summed E-state index contributed by atoms with van der Waals surface area (Å²) in [7, 11) is 0. The van der Waals surface area contributed by atoms with Gasteiger partial charge >= 0.3 is 5.97 Å². The Bertz CT molecular complexity index is 237. The van der Waals surface area contributed by atoms with Gasteiger partial charge in [-0.05, 0) is 25.8 Å². The number of rotatable bonds is 7. The highest BCUT2D eigenvalue weighted by Crippen LogP contribution is 2.17. The van der Waals surface area contributed by atoms with Crippen LogP contribution in [0.3, 0.4) is 0 Å². The van der Waals surface area contributed by atoms with E-state index in [1.165, 1.54) is 12.8 Å². The van der Waals surface area contributed by atoms with Gasteiger partial charge in [0.15, 0.2) is 0 Å². The molecule has 16 heavy (non-hydrogen) atoms. The molecule has 5 heteroatoms. The Morgan fingerprint density at radius 2 is 1.94 bits per heavy atom. The van der Waals surface area contributed by atoms with E-state index in [1.54, 1.807) is 0 Å². The van der Waals surface area contributed by atoms with Crippen LogP contribution in [0.25, 0.3) is 0 Å². The minimum Gasteiger partial charge on any atom is -0.481 e. The van der Waals surface area contributed by atoms with Crippen molar-refractivity contribution in [1.82, 2.24) is 10.6 Å². The summed E-state index contributed by atoms with van der Waals surface area (Å²) < 4.78 is 0. The third-order valence-electron chi connectivity index (χ3n) is 2.75. The predicted octanol–water partition coefficient (Wildman–Crippen LogP) is 0.500. The summed E-state index contributed by atoms with van der Waals surface area (Å²) in [5.74, 6) is -0.778. The third kappa shape index (κ3) is 5.70. The number of carboxylic acids is 1. The minimum absolute atomic E-state index is 0.0159. The average molecular weight is 228 g/mol. The normalized spacial score (nSPS) is 16.2. The molecule has 0 heterocycles. The van der Waals surface area contributed by atoms with Crippen LogP contribution in [0.2, 0.25) is 0 Å². The number of carbonyl (C=O) groups is 2. The second-order valence-corrected chi connectivity index (χ2v) is 4.22. The van der Waals surface area contributed by atoms with Crippen LogP contribution in [-0.2, 0) is 9.59 Å². The summed E-state index contributed by atoms with van der Waals surface area (Å²) in [5.41, 5.74) is 0. The summed E-state index contributed by atoms with van der Waals surface area (Å²) in [6.07, 6.45) is 5.30. The topological polar surface area (TPSA) is 78.4 Å². The summed E-state index contributed by atoms with van der Waals surface area (Å²) >= 11 is 0. The lowest BCUT2D eigenvalue weighted by Crippen LogP contribution is -2.39. The van der Waals surface area contributed by atoms with E-state index >= 15 is 0 Å². The lowest BCUT2D eigenvalue weighted by Gasteiger charge is -2.11. The summed E-state index contributed by atoms with van der Waals surface area (Å²) in [5, 5.41) is 14.3. The maximum absolute atomic E-state index is 11.4. The number of amides is 1. The first-order valence-corrected chi connectivity index (χ1v) is 5.90. The molecule has 3 N–H and O–H groups in total. The maximum atomic E-state index is 11.4. The Hall–Kier alpha value is -1.10. The van der Waals surface area contributed by atoms with Gasteiger partial charge in [0, 0.05) is 12.5 Å². The number of nitrogens with one attached hydrogen (secondary N) is 2. The number of carboxylic acid groups (broad SMARTS) is 1. The molecule has 5 nitrogen and oxygen atoms in total. The monoisotopic (exact) mass is 228 g/mol. The highest BCUT2D eigenvalue weighted by molar-refractivity contribution is 5.78. The molecule has 0 saturated heterocycles. The molecule has 0 aromatic heterocycles. The van der Waals surface area contributed by atoms with Gasteiger partial charge in [0.25, 0.3) is 0 Å². The molecule has 0 unspecified atom stereocenters. The third-order valence-corrected chi connectivity index (χ3v) is 2.75. The molecule has 1 aliphatic carbocycles. The zero-order valence-electron chi connectivity index (χ0n) is 9.50. The molecule has 0 bridgehead atoms. The van der Waals surface area contributed by atoms with Gasteiger partial charge < -0.3 is 15.7 Å². The van der Waals surface area contributed by atoms with E-state index in [9.17, 15) is 9.59 Å². The molecule has 0 radical (unpaired) electrons. The number of aliphatic carboxylic acids is 1. The molecular weight excluding hydrogens is 208 g/mol. The lowest BCUT2D eigenvalue weighted by atomic mass is 10.2. The van der Waals surface area contributed by atoms with E-state index in [-0.39, 0.29) is 18.9 Å². The number of hydrogen-bond acceptors (Lipinski definition) is 3.